The van der Waals surface area contributed by atoms with Gasteiger partial charge in [0.15, 0.2) is 36.6 Å². The summed E-state index contributed by atoms with van der Waals surface area (Å²) in [6.07, 6.45) is -8.64. The fraction of sp³-hybridized carbons (Fsp3) is 0.800. The first-order valence-corrected chi connectivity index (χ1v) is 19.5. The lowest BCUT2D eigenvalue weighted by molar-refractivity contribution is -0.317. The molecule has 17 nitrogen and oxygen atoms in total. The van der Waals surface area contributed by atoms with Crippen molar-refractivity contribution in [3.63, 3.8) is 0 Å². The predicted molar refractivity (Wildman–Crippen MR) is 201 cm³/mol. The summed E-state index contributed by atoms with van der Waals surface area (Å²) in [5, 5.41) is 0. The summed E-state index contributed by atoms with van der Waals surface area (Å²) in [5.41, 5.74) is -5.39. The number of esters is 4. The van der Waals surface area contributed by atoms with Crippen LogP contribution in [0, 0.1) is 21.7 Å². The Hall–Kier alpha value is -3.64. The first-order valence-electron chi connectivity index (χ1n) is 19.5. The molecule has 322 valence electrons. The smallest absolute Gasteiger partial charge is 0.330 e. The summed E-state index contributed by atoms with van der Waals surface area (Å²) in [5.74, 6) is -3.71. The summed E-state index contributed by atoms with van der Waals surface area (Å²) in [6, 6.07) is 1.19. The average molecular weight is 811 g/mol. The van der Waals surface area contributed by atoms with Crippen molar-refractivity contribution in [2.45, 2.75) is 171 Å². The van der Waals surface area contributed by atoms with Crippen LogP contribution >= 0.6 is 0 Å². The van der Waals surface area contributed by atoms with E-state index >= 15 is 0 Å². The number of carbonyl (C=O) groups excluding carboxylic acids is 4. The number of hydrogen-bond donors (Lipinski definition) is 1. The summed E-state index contributed by atoms with van der Waals surface area (Å²) < 4.78 is 57.1. The van der Waals surface area contributed by atoms with Gasteiger partial charge >= 0.3 is 29.6 Å². The Morgan fingerprint density at radius 3 is 1.65 bits per heavy atom. The zero-order valence-corrected chi connectivity index (χ0v) is 35.8. The van der Waals surface area contributed by atoms with Crippen molar-refractivity contribution in [2.75, 3.05) is 13.2 Å². The largest absolute Gasteiger partial charge is 0.462 e. The lowest BCUT2D eigenvalue weighted by Crippen LogP contribution is -2.64. The second-order valence-electron chi connectivity index (χ2n) is 18.9. The van der Waals surface area contributed by atoms with Gasteiger partial charge in [-0.3, -0.25) is 33.5 Å². The SMILES string of the molecule is CCC1(CC)O[C@@H]2[C@H](O1)[C@@H](CO[C@@H]1O[C@H](COC(=O)C(C)(C)C)[C@@H](OC(=O)C(C)(C)C)[C@H](OC(=O)C(C)(C)C)[C@H]1OC(=O)C(C)(C)C)O[C@H]2n1ccc(=O)[nH]c1=O. The van der Waals surface area contributed by atoms with Gasteiger partial charge in [-0.2, -0.15) is 0 Å². The summed E-state index contributed by atoms with van der Waals surface area (Å²) in [4.78, 5) is 80.9. The molecule has 1 N–H and O–H groups in total. The molecule has 3 saturated heterocycles. The lowest BCUT2D eigenvalue weighted by Gasteiger charge is -2.46. The van der Waals surface area contributed by atoms with Crippen LogP contribution in [0.2, 0.25) is 0 Å². The van der Waals surface area contributed by atoms with E-state index in [1.807, 2.05) is 13.8 Å². The highest BCUT2D eigenvalue weighted by Crippen LogP contribution is 2.46. The summed E-state index contributed by atoms with van der Waals surface area (Å²) in [7, 11) is 0. The third-order valence-electron chi connectivity index (χ3n) is 9.76. The van der Waals surface area contributed by atoms with E-state index in [0.29, 0.717) is 12.8 Å². The Balaban J connectivity index is 1.79. The van der Waals surface area contributed by atoms with Crippen LogP contribution in [0.3, 0.4) is 0 Å². The molecular weight excluding hydrogens is 748 g/mol. The van der Waals surface area contributed by atoms with Crippen LogP contribution in [0.4, 0.5) is 0 Å². The molecule has 0 unspecified atom stereocenters. The minimum atomic E-state index is -1.53. The number of fused-ring (bicyclic) bond motifs is 1. The Labute approximate surface area is 333 Å². The molecule has 4 rings (SSSR count). The maximum Gasteiger partial charge on any atom is 0.330 e. The first kappa shape index (κ1) is 46.1. The monoisotopic (exact) mass is 810 g/mol. The second kappa shape index (κ2) is 16.9. The van der Waals surface area contributed by atoms with Gasteiger partial charge in [0.25, 0.3) is 5.56 Å². The zero-order valence-electron chi connectivity index (χ0n) is 35.8. The van der Waals surface area contributed by atoms with Gasteiger partial charge in [0, 0.05) is 12.3 Å². The number of nitrogens with one attached hydrogen (secondary N) is 1. The molecule has 0 bridgehead atoms. The van der Waals surface area contributed by atoms with E-state index in [0.717, 1.165) is 0 Å². The highest BCUT2D eigenvalue weighted by molar-refractivity contribution is 5.78. The van der Waals surface area contributed by atoms with Crippen LogP contribution in [0.1, 0.15) is 116 Å². The Morgan fingerprint density at radius 2 is 1.16 bits per heavy atom. The van der Waals surface area contributed by atoms with Crippen molar-refractivity contribution in [1.29, 1.82) is 0 Å². The van der Waals surface area contributed by atoms with Gasteiger partial charge in [0.1, 0.15) is 31.0 Å². The topological polar surface area (TPSA) is 206 Å². The normalized spacial score (nSPS) is 29.0. The summed E-state index contributed by atoms with van der Waals surface area (Å²) in [6.45, 7) is 22.7. The molecule has 3 aliphatic heterocycles. The van der Waals surface area contributed by atoms with Gasteiger partial charge in [0.2, 0.25) is 0 Å². The van der Waals surface area contributed by atoms with Crippen LogP contribution in [-0.4, -0.2) is 101 Å². The average Bonchev–Trinajstić information content (AvgIpc) is 3.63. The molecule has 0 aromatic carbocycles. The molecule has 0 saturated carbocycles. The summed E-state index contributed by atoms with van der Waals surface area (Å²) >= 11 is 0. The van der Waals surface area contributed by atoms with Crippen LogP contribution in [0.25, 0.3) is 0 Å². The number of carbonyl (C=O) groups is 4. The molecule has 17 heteroatoms. The van der Waals surface area contributed by atoms with Gasteiger partial charge in [-0.05, 0) is 95.9 Å². The number of nitrogens with zero attached hydrogens (tertiary/aromatic N) is 1. The minimum Gasteiger partial charge on any atom is -0.462 e. The minimum absolute atomic E-state index is 0.308. The Morgan fingerprint density at radius 1 is 0.667 bits per heavy atom. The van der Waals surface area contributed by atoms with Crippen molar-refractivity contribution in [3.8, 4) is 0 Å². The fourth-order valence-corrected chi connectivity index (χ4v) is 6.08. The van der Waals surface area contributed by atoms with Gasteiger partial charge < -0.3 is 42.6 Å². The molecule has 1 aromatic rings. The van der Waals surface area contributed by atoms with E-state index in [-0.39, 0.29) is 6.61 Å². The third-order valence-corrected chi connectivity index (χ3v) is 9.76. The Kier molecular flexibility index (Phi) is 13.7. The van der Waals surface area contributed by atoms with Crippen LogP contribution < -0.4 is 11.2 Å². The molecule has 0 radical (unpaired) electrons. The zero-order chi connectivity index (χ0) is 43.1. The highest BCUT2D eigenvalue weighted by atomic mass is 16.8. The van der Waals surface area contributed by atoms with Crippen molar-refractivity contribution in [1.82, 2.24) is 9.55 Å². The number of H-pyrrole nitrogens is 1. The van der Waals surface area contributed by atoms with E-state index in [2.05, 4.69) is 4.98 Å². The molecule has 4 heterocycles. The fourth-order valence-electron chi connectivity index (χ4n) is 6.08. The quantitative estimate of drug-likeness (QED) is 0.248. The number of ether oxygens (including phenoxy) is 9. The van der Waals surface area contributed by atoms with Crippen molar-refractivity contribution in [3.05, 3.63) is 33.1 Å². The van der Waals surface area contributed by atoms with Gasteiger partial charge in [-0.15, -0.1) is 0 Å². The maximum absolute atomic E-state index is 13.7. The molecule has 1 aromatic heterocycles. The number of aromatic amines is 1. The van der Waals surface area contributed by atoms with Gasteiger partial charge in [-0.1, -0.05) is 13.8 Å². The molecule has 9 atom stereocenters. The van der Waals surface area contributed by atoms with Crippen LogP contribution in [-0.2, 0) is 61.8 Å². The van der Waals surface area contributed by atoms with Gasteiger partial charge in [0.05, 0.1) is 28.3 Å². The van der Waals surface area contributed by atoms with E-state index in [1.165, 1.54) is 16.8 Å². The van der Waals surface area contributed by atoms with E-state index in [9.17, 15) is 28.8 Å². The third kappa shape index (κ3) is 10.7. The molecule has 0 amide bonds. The Bertz CT molecular complexity index is 1740. The van der Waals surface area contributed by atoms with Crippen molar-refractivity contribution >= 4 is 23.9 Å². The standard InChI is InChI=1S/C40H62N2O15/c1-15-40(16-2)56-25-22(51-29(27(25)57-40)42-18-17-23(43)41-35(42)48)19-49-30-28(55-34(47)39(12,13)14)26(54-33(46)38(9,10)11)24(53-32(45)37(6,7)8)21(52-30)20-50-31(44)36(3,4)5/h17-18,21-22,24-30H,15-16,19-20H2,1-14H3,(H,41,43,48)/t21-,22-,24-,25-,26+,27-,28-,29-,30-/m1/s1. The molecule has 3 aliphatic rings. The number of rotatable bonds is 11. The highest BCUT2D eigenvalue weighted by Gasteiger charge is 2.59. The predicted octanol–water partition coefficient (Wildman–Crippen LogP) is 3.94. The second-order valence-corrected chi connectivity index (χ2v) is 18.9. The van der Waals surface area contributed by atoms with E-state index < -0.39 is 124 Å². The molecule has 0 aliphatic carbocycles. The number of hydrogen-bond acceptors (Lipinski definition) is 15. The molecule has 57 heavy (non-hydrogen) atoms. The molecular formula is C40H62N2O15. The molecule has 0 spiro atoms. The number of aromatic nitrogens is 2. The van der Waals surface area contributed by atoms with Gasteiger partial charge in [-0.25, -0.2) is 4.79 Å². The lowest BCUT2D eigenvalue weighted by atomic mass is 9.93. The van der Waals surface area contributed by atoms with Crippen molar-refractivity contribution < 1.29 is 61.8 Å². The van der Waals surface area contributed by atoms with Crippen LogP contribution in [0.15, 0.2) is 21.9 Å². The van der Waals surface area contributed by atoms with Crippen molar-refractivity contribution in [2.24, 2.45) is 21.7 Å². The van der Waals surface area contributed by atoms with E-state index in [4.69, 9.17) is 42.6 Å². The first-order chi connectivity index (χ1) is 26.1. The van der Waals surface area contributed by atoms with E-state index in [1.54, 1.807) is 83.1 Å². The maximum atomic E-state index is 13.7. The molecule has 3 fully saturated rings. The van der Waals surface area contributed by atoms with Crippen LogP contribution in [0.5, 0.6) is 0 Å².